The number of hydrogen-bond acceptors (Lipinski definition) is 2. The fourth-order valence-corrected chi connectivity index (χ4v) is 2.88. The largest absolute Gasteiger partial charge is 0.311 e. The van der Waals surface area contributed by atoms with E-state index in [1.54, 1.807) is 6.07 Å². The highest BCUT2D eigenvalue weighted by Crippen LogP contribution is 2.19. The molecule has 2 unspecified atom stereocenters. The van der Waals surface area contributed by atoms with E-state index >= 15 is 0 Å². The number of hydrogen-bond donors (Lipinski definition) is 1. The zero-order valence-corrected chi connectivity index (χ0v) is 13.2. The summed E-state index contributed by atoms with van der Waals surface area (Å²) in [6, 6.07) is 5.85. The molecule has 19 heavy (non-hydrogen) atoms. The van der Waals surface area contributed by atoms with Crippen LogP contribution in [0, 0.1) is 11.7 Å². The first-order valence-corrected chi connectivity index (χ1v) is 7.79. The van der Waals surface area contributed by atoms with Crippen LogP contribution in [0.1, 0.15) is 25.8 Å². The Kier molecular flexibility index (Phi) is 5.37. The van der Waals surface area contributed by atoms with Gasteiger partial charge in [-0.3, -0.25) is 4.90 Å². The topological polar surface area (TPSA) is 15.3 Å². The second kappa shape index (κ2) is 6.82. The van der Waals surface area contributed by atoms with E-state index in [0.717, 1.165) is 29.7 Å². The van der Waals surface area contributed by atoms with Gasteiger partial charge in [0.1, 0.15) is 5.82 Å². The SMILES string of the molecule is CCC(C)C1CN(Cc2ccc(Br)cc2F)CCN1. The van der Waals surface area contributed by atoms with E-state index in [-0.39, 0.29) is 5.82 Å². The van der Waals surface area contributed by atoms with Gasteiger partial charge < -0.3 is 5.32 Å². The lowest BCUT2D eigenvalue weighted by Crippen LogP contribution is -2.52. The Hall–Kier alpha value is -0.450. The van der Waals surface area contributed by atoms with Crippen LogP contribution in [-0.4, -0.2) is 30.6 Å². The molecular weight excluding hydrogens is 307 g/mol. The van der Waals surface area contributed by atoms with E-state index < -0.39 is 0 Å². The van der Waals surface area contributed by atoms with Crippen LogP contribution in [0.25, 0.3) is 0 Å². The molecule has 1 fully saturated rings. The Balaban J connectivity index is 1.98. The summed E-state index contributed by atoms with van der Waals surface area (Å²) in [5, 5.41) is 3.57. The van der Waals surface area contributed by atoms with E-state index in [9.17, 15) is 4.39 Å². The fraction of sp³-hybridized carbons (Fsp3) is 0.600. The lowest BCUT2D eigenvalue weighted by molar-refractivity contribution is 0.161. The van der Waals surface area contributed by atoms with Crippen molar-refractivity contribution in [3.8, 4) is 0 Å². The van der Waals surface area contributed by atoms with Gasteiger partial charge in [0.05, 0.1) is 0 Å². The molecule has 1 saturated heterocycles. The molecule has 2 nitrogen and oxygen atoms in total. The van der Waals surface area contributed by atoms with Gasteiger partial charge in [0.25, 0.3) is 0 Å². The summed E-state index contributed by atoms with van der Waals surface area (Å²) >= 11 is 3.30. The summed E-state index contributed by atoms with van der Waals surface area (Å²) in [5.41, 5.74) is 0.785. The molecule has 2 atom stereocenters. The first kappa shape index (κ1) is 14.9. The third-order valence-corrected chi connectivity index (χ3v) is 4.52. The molecule has 0 bridgehead atoms. The van der Waals surface area contributed by atoms with Crippen LogP contribution in [0.3, 0.4) is 0 Å². The van der Waals surface area contributed by atoms with Gasteiger partial charge in [0.2, 0.25) is 0 Å². The highest BCUT2D eigenvalue weighted by atomic mass is 79.9. The fourth-order valence-electron chi connectivity index (χ4n) is 2.54. The molecule has 1 aromatic carbocycles. The standard InChI is InChI=1S/C15H22BrFN2/c1-3-11(2)15-10-19(7-6-18-15)9-12-4-5-13(16)8-14(12)17/h4-5,8,11,15,18H,3,6-7,9-10H2,1-2H3. The normalized spacial score (nSPS) is 22.4. The molecule has 1 aromatic rings. The summed E-state index contributed by atoms with van der Waals surface area (Å²) in [6.07, 6.45) is 1.18. The van der Waals surface area contributed by atoms with Crippen molar-refractivity contribution in [2.24, 2.45) is 5.92 Å². The van der Waals surface area contributed by atoms with Crippen molar-refractivity contribution in [3.05, 3.63) is 34.1 Å². The van der Waals surface area contributed by atoms with Crippen LogP contribution in [0.4, 0.5) is 4.39 Å². The Morgan fingerprint density at radius 1 is 1.53 bits per heavy atom. The van der Waals surface area contributed by atoms with Gasteiger partial charge in [-0.2, -0.15) is 0 Å². The molecule has 2 rings (SSSR count). The van der Waals surface area contributed by atoms with Crippen molar-refractivity contribution in [2.75, 3.05) is 19.6 Å². The summed E-state index contributed by atoms with van der Waals surface area (Å²) in [7, 11) is 0. The van der Waals surface area contributed by atoms with Gasteiger partial charge >= 0.3 is 0 Å². The molecule has 1 heterocycles. The van der Waals surface area contributed by atoms with E-state index in [1.807, 2.05) is 12.1 Å². The van der Waals surface area contributed by atoms with Crippen molar-refractivity contribution in [1.29, 1.82) is 0 Å². The monoisotopic (exact) mass is 328 g/mol. The minimum Gasteiger partial charge on any atom is -0.311 e. The summed E-state index contributed by atoms with van der Waals surface area (Å²) < 4.78 is 14.7. The molecule has 1 aliphatic heterocycles. The molecule has 1 aliphatic rings. The lowest BCUT2D eigenvalue weighted by Gasteiger charge is -2.36. The van der Waals surface area contributed by atoms with E-state index in [1.165, 1.54) is 6.42 Å². The molecule has 106 valence electrons. The molecule has 0 radical (unpaired) electrons. The quantitative estimate of drug-likeness (QED) is 0.911. The average molecular weight is 329 g/mol. The van der Waals surface area contributed by atoms with Crippen molar-refractivity contribution < 1.29 is 4.39 Å². The first-order valence-electron chi connectivity index (χ1n) is 6.99. The number of benzene rings is 1. The number of nitrogens with zero attached hydrogens (tertiary/aromatic N) is 1. The zero-order chi connectivity index (χ0) is 13.8. The molecule has 0 aliphatic carbocycles. The average Bonchev–Trinajstić information content (AvgIpc) is 2.41. The summed E-state index contributed by atoms with van der Waals surface area (Å²) in [5.74, 6) is 0.547. The van der Waals surface area contributed by atoms with Crippen molar-refractivity contribution >= 4 is 15.9 Å². The maximum absolute atomic E-state index is 13.9. The van der Waals surface area contributed by atoms with Crippen LogP contribution in [0.15, 0.2) is 22.7 Å². The van der Waals surface area contributed by atoms with E-state index in [0.29, 0.717) is 18.5 Å². The maximum atomic E-state index is 13.9. The molecule has 1 N–H and O–H groups in total. The van der Waals surface area contributed by atoms with Gasteiger partial charge in [0, 0.05) is 42.3 Å². The number of nitrogens with one attached hydrogen (secondary N) is 1. The maximum Gasteiger partial charge on any atom is 0.128 e. The molecule has 0 aromatic heterocycles. The second-order valence-electron chi connectivity index (χ2n) is 5.42. The first-order chi connectivity index (χ1) is 9.10. The van der Waals surface area contributed by atoms with Gasteiger partial charge in [-0.05, 0) is 18.1 Å². The number of piperazine rings is 1. The Morgan fingerprint density at radius 2 is 2.32 bits per heavy atom. The van der Waals surface area contributed by atoms with E-state index in [2.05, 4.69) is 40.0 Å². The van der Waals surface area contributed by atoms with Crippen LogP contribution in [0.5, 0.6) is 0 Å². The van der Waals surface area contributed by atoms with Crippen molar-refractivity contribution in [2.45, 2.75) is 32.9 Å². The van der Waals surface area contributed by atoms with Gasteiger partial charge in [0.15, 0.2) is 0 Å². The Labute approximate surface area is 123 Å². The highest BCUT2D eigenvalue weighted by molar-refractivity contribution is 9.10. The Morgan fingerprint density at radius 3 is 3.00 bits per heavy atom. The van der Waals surface area contributed by atoms with Crippen molar-refractivity contribution in [1.82, 2.24) is 10.2 Å². The van der Waals surface area contributed by atoms with Crippen molar-refractivity contribution in [3.63, 3.8) is 0 Å². The summed E-state index contributed by atoms with van der Waals surface area (Å²) in [6.45, 7) is 8.19. The highest BCUT2D eigenvalue weighted by Gasteiger charge is 2.23. The third kappa shape index (κ3) is 4.01. The van der Waals surface area contributed by atoms with Gasteiger partial charge in [-0.25, -0.2) is 4.39 Å². The molecule has 0 saturated carbocycles. The minimum atomic E-state index is -0.118. The number of halogens is 2. The van der Waals surface area contributed by atoms with Crippen LogP contribution in [0.2, 0.25) is 0 Å². The molecular formula is C15H22BrFN2. The van der Waals surface area contributed by atoms with Gasteiger partial charge in [-0.15, -0.1) is 0 Å². The predicted octanol–water partition coefficient (Wildman–Crippen LogP) is 3.41. The van der Waals surface area contributed by atoms with Crippen LogP contribution >= 0.6 is 15.9 Å². The molecule has 0 spiro atoms. The second-order valence-corrected chi connectivity index (χ2v) is 6.33. The molecule has 4 heteroatoms. The zero-order valence-electron chi connectivity index (χ0n) is 11.6. The minimum absolute atomic E-state index is 0.118. The van der Waals surface area contributed by atoms with Gasteiger partial charge in [-0.1, -0.05) is 42.3 Å². The van der Waals surface area contributed by atoms with E-state index in [4.69, 9.17) is 0 Å². The van der Waals surface area contributed by atoms with Crippen LogP contribution in [-0.2, 0) is 6.54 Å². The lowest BCUT2D eigenvalue weighted by atomic mass is 9.97. The smallest absolute Gasteiger partial charge is 0.128 e. The summed E-state index contributed by atoms with van der Waals surface area (Å²) in [4.78, 5) is 2.35. The Bertz CT molecular complexity index is 425. The molecule has 0 amide bonds. The predicted molar refractivity (Wildman–Crippen MR) is 80.6 cm³/mol. The van der Waals surface area contributed by atoms with Crippen LogP contribution < -0.4 is 5.32 Å². The number of rotatable bonds is 4. The third-order valence-electron chi connectivity index (χ3n) is 4.03.